The van der Waals surface area contributed by atoms with Crippen molar-refractivity contribution < 1.29 is 9.26 Å². The van der Waals surface area contributed by atoms with Crippen molar-refractivity contribution in [1.82, 2.24) is 10.1 Å². The fraction of sp³-hybridized carbons (Fsp3) is 0.800. The Morgan fingerprint density at radius 3 is 2.75 bits per heavy atom. The Morgan fingerprint density at radius 2 is 2.19 bits per heavy atom. The highest BCUT2D eigenvalue weighted by Crippen LogP contribution is 2.35. The summed E-state index contributed by atoms with van der Waals surface area (Å²) < 4.78 is 10.4. The lowest BCUT2D eigenvalue weighted by Crippen LogP contribution is -2.19. The van der Waals surface area contributed by atoms with Crippen molar-refractivity contribution >= 4 is 6.01 Å². The van der Waals surface area contributed by atoms with E-state index < -0.39 is 0 Å². The summed E-state index contributed by atoms with van der Waals surface area (Å²) in [5.74, 6) is 6.27. The van der Waals surface area contributed by atoms with Crippen LogP contribution in [0.25, 0.3) is 0 Å². The summed E-state index contributed by atoms with van der Waals surface area (Å²) >= 11 is 0. The smallest absolute Gasteiger partial charge is 0.335 e. The van der Waals surface area contributed by atoms with Gasteiger partial charge in [-0.2, -0.15) is 4.98 Å². The van der Waals surface area contributed by atoms with E-state index >= 15 is 0 Å². The Morgan fingerprint density at radius 1 is 1.44 bits per heavy atom. The summed E-state index contributed by atoms with van der Waals surface area (Å²) in [5, 5.41) is 3.88. The third kappa shape index (κ3) is 2.33. The predicted octanol–water partition coefficient (Wildman–Crippen LogP) is 1.62. The molecule has 1 aromatic rings. The van der Waals surface area contributed by atoms with Gasteiger partial charge in [0.15, 0.2) is 0 Å². The summed E-state index contributed by atoms with van der Waals surface area (Å²) in [4.78, 5) is 4.14. The van der Waals surface area contributed by atoms with Crippen LogP contribution in [0.5, 0.6) is 0 Å². The maximum atomic E-state index is 5.48. The molecule has 3 N–H and O–H groups in total. The van der Waals surface area contributed by atoms with E-state index in [1.807, 2.05) is 0 Å². The zero-order valence-corrected chi connectivity index (χ0v) is 9.48. The number of nitrogens with two attached hydrogens (primary N) is 1. The van der Waals surface area contributed by atoms with Crippen LogP contribution in [0.15, 0.2) is 4.52 Å². The minimum absolute atomic E-state index is 0.0776. The van der Waals surface area contributed by atoms with Crippen LogP contribution in [-0.4, -0.2) is 17.3 Å². The van der Waals surface area contributed by atoms with E-state index in [9.17, 15) is 0 Å². The molecule has 0 saturated heterocycles. The van der Waals surface area contributed by atoms with Gasteiger partial charge in [-0.3, -0.25) is 5.43 Å². The van der Waals surface area contributed by atoms with Gasteiger partial charge in [0.25, 0.3) is 0 Å². The second-order valence-electron chi connectivity index (χ2n) is 4.16. The molecule has 6 nitrogen and oxygen atoms in total. The van der Waals surface area contributed by atoms with Crippen molar-refractivity contribution in [2.24, 2.45) is 11.8 Å². The highest BCUT2D eigenvalue weighted by atomic mass is 16.5. The Hall–Kier alpha value is -1.14. The molecule has 1 saturated carbocycles. The molecule has 16 heavy (non-hydrogen) atoms. The average molecular weight is 226 g/mol. The summed E-state index contributed by atoms with van der Waals surface area (Å²) in [6, 6.07) is 0.229. The number of anilines is 1. The standard InChI is InChI=1S/C10H18N4O2/c1-15-8(7-5-3-2-4-6-7)9-12-10(13-11)16-14-9/h7-8H,2-6,11H2,1H3,(H,12,13,14). The second-order valence-corrected chi connectivity index (χ2v) is 4.16. The molecule has 0 bridgehead atoms. The number of hydrazine groups is 1. The highest BCUT2D eigenvalue weighted by molar-refractivity contribution is 5.15. The molecule has 1 aromatic heterocycles. The average Bonchev–Trinajstić information content (AvgIpc) is 2.80. The highest BCUT2D eigenvalue weighted by Gasteiger charge is 2.28. The molecule has 90 valence electrons. The van der Waals surface area contributed by atoms with Crippen LogP contribution in [-0.2, 0) is 4.74 Å². The number of nitrogens with zero attached hydrogens (tertiary/aromatic N) is 2. The van der Waals surface area contributed by atoms with Gasteiger partial charge >= 0.3 is 6.01 Å². The van der Waals surface area contributed by atoms with E-state index in [1.165, 1.54) is 32.1 Å². The number of nitrogen functional groups attached to an aromatic ring is 1. The van der Waals surface area contributed by atoms with E-state index in [0.29, 0.717) is 11.7 Å². The molecule has 0 radical (unpaired) electrons. The van der Waals surface area contributed by atoms with Crippen LogP contribution >= 0.6 is 0 Å². The monoisotopic (exact) mass is 226 g/mol. The van der Waals surface area contributed by atoms with Crippen LogP contribution in [0.3, 0.4) is 0 Å². The Balaban J connectivity index is 2.08. The number of hydrogen-bond donors (Lipinski definition) is 2. The maximum Gasteiger partial charge on any atom is 0.335 e. The number of methoxy groups -OCH3 is 1. The van der Waals surface area contributed by atoms with Crippen molar-refractivity contribution in [2.75, 3.05) is 12.5 Å². The fourth-order valence-corrected chi connectivity index (χ4v) is 2.35. The molecule has 0 spiro atoms. The molecule has 1 unspecified atom stereocenters. The van der Waals surface area contributed by atoms with Crippen LogP contribution in [0.4, 0.5) is 6.01 Å². The number of aromatic nitrogens is 2. The third-order valence-corrected chi connectivity index (χ3v) is 3.15. The Bertz CT molecular complexity index is 322. The fourth-order valence-electron chi connectivity index (χ4n) is 2.35. The van der Waals surface area contributed by atoms with Gasteiger partial charge in [0, 0.05) is 7.11 Å². The lowest BCUT2D eigenvalue weighted by Gasteiger charge is -2.26. The first kappa shape index (κ1) is 11.3. The SMILES string of the molecule is COC(c1noc(NN)n1)C1CCCCC1. The van der Waals surface area contributed by atoms with Crippen LogP contribution in [0.2, 0.25) is 0 Å². The van der Waals surface area contributed by atoms with E-state index in [1.54, 1.807) is 7.11 Å². The quantitative estimate of drug-likeness (QED) is 0.599. The first-order chi connectivity index (χ1) is 7.85. The molecule has 1 heterocycles. The van der Waals surface area contributed by atoms with Crippen LogP contribution < -0.4 is 11.3 Å². The van der Waals surface area contributed by atoms with Crippen molar-refractivity contribution in [3.05, 3.63) is 5.82 Å². The lowest BCUT2D eigenvalue weighted by atomic mass is 9.85. The zero-order chi connectivity index (χ0) is 11.4. The summed E-state index contributed by atoms with van der Waals surface area (Å²) in [7, 11) is 1.69. The van der Waals surface area contributed by atoms with Crippen molar-refractivity contribution in [1.29, 1.82) is 0 Å². The largest absolute Gasteiger partial charge is 0.373 e. The Kier molecular flexibility index (Phi) is 3.74. The van der Waals surface area contributed by atoms with Gasteiger partial charge < -0.3 is 9.26 Å². The number of rotatable bonds is 4. The third-order valence-electron chi connectivity index (χ3n) is 3.15. The van der Waals surface area contributed by atoms with Gasteiger partial charge in [0.05, 0.1) is 0 Å². The Labute approximate surface area is 94.5 Å². The van der Waals surface area contributed by atoms with E-state index in [0.717, 1.165) is 0 Å². The lowest BCUT2D eigenvalue weighted by molar-refractivity contribution is 0.0274. The minimum atomic E-state index is -0.0776. The minimum Gasteiger partial charge on any atom is -0.373 e. The zero-order valence-electron chi connectivity index (χ0n) is 9.48. The molecule has 1 aliphatic rings. The molecule has 0 aromatic carbocycles. The first-order valence-electron chi connectivity index (χ1n) is 5.68. The maximum absolute atomic E-state index is 5.48. The van der Waals surface area contributed by atoms with Crippen LogP contribution in [0, 0.1) is 5.92 Å². The van der Waals surface area contributed by atoms with E-state index in [2.05, 4.69) is 15.6 Å². The summed E-state index contributed by atoms with van der Waals surface area (Å²) in [5.41, 5.74) is 2.33. The van der Waals surface area contributed by atoms with Gasteiger partial charge in [0.1, 0.15) is 6.10 Å². The molecule has 1 fully saturated rings. The normalized spacial score (nSPS) is 19.6. The molecule has 1 aliphatic carbocycles. The topological polar surface area (TPSA) is 86.2 Å². The van der Waals surface area contributed by atoms with Gasteiger partial charge in [-0.1, -0.05) is 24.4 Å². The molecule has 0 aliphatic heterocycles. The molecule has 1 atom stereocenters. The van der Waals surface area contributed by atoms with Crippen molar-refractivity contribution in [3.63, 3.8) is 0 Å². The molecular weight excluding hydrogens is 208 g/mol. The van der Waals surface area contributed by atoms with Crippen molar-refractivity contribution in [3.8, 4) is 0 Å². The second kappa shape index (κ2) is 5.27. The van der Waals surface area contributed by atoms with Crippen LogP contribution in [0.1, 0.15) is 44.0 Å². The molecular formula is C10H18N4O2. The van der Waals surface area contributed by atoms with E-state index in [4.69, 9.17) is 15.1 Å². The number of nitrogens with one attached hydrogen (secondary N) is 1. The summed E-state index contributed by atoms with van der Waals surface area (Å²) in [6.07, 6.45) is 6.08. The van der Waals surface area contributed by atoms with Gasteiger partial charge in [-0.05, 0) is 18.8 Å². The van der Waals surface area contributed by atoms with Gasteiger partial charge in [-0.25, -0.2) is 5.84 Å². The van der Waals surface area contributed by atoms with E-state index in [-0.39, 0.29) is 12.1 Å². The molecule has 6 heteroatoms. The predicted molar refractivity (Wildman–Crippen MR) is 58.4 cm³/mol. The first-order valence-corrected chi connectivity index (χ1v) is 5.68. The molecule has 0 amide bonds. The summed E-state index contributed by atoms with van der Waals surface area (Å²) in [6.45, 7) is 0. The number of ether oxygens (including phenoxy) is 1. The van der Waals surface area contributed by atoms with Gasteiger partial charge in [-0.15, -0.1) is 0 Å². The van der Waals surface area contributed by atoms with Crippen molar-refractivity contribution in [2.45, 2.75) is 38.2 Å². The molecule has 2 rings (SSSR count). The van der Waals surface area contributed by atoms with Gasteiger partial charge in [0.2, 0.25) is 5.82 Å². The number of hydrogen-bond acceptors (Lipinski definition) is 6.